The van der Waals surface area contributed by atoms with Crippen LogP contribution in [0.3, 0.4) is 0 Å². The predicted octanol–water partition coefficient (Wildman–Crippen LogP) is 12.8. The number of hydrogen-bond acceptors (Lipinski definition) is 4. The first kappa shape index (κ1) is 28.3. The minimum Gasteiger partial charge on any atom is -0.455 e. The summed E-state index contributed by atoms with van der Waals surface area (Å²) in [5.74, 6) is 0.694. The fourth-order valence-corrected chi connectivity index (χ4v) is 9.12. The molecule has 0 radical (unpaired) electrons. The lowest BCUT2D eigenvalue weighted by molar-refractivity contribution is 0.670. The molecular weight excluding hydrogens is 643 g/mol. The van der Waals surface area contributed by atoms with E-state index in [4.69, 9.17) is 14.4 Å². The molecule has 0 N–H and O–H groups in total. The molecule has 7 aromatic carbocycles. The number of furan rings is 1. The first-order valence-electron chi connectivity index (χ1n) is 17.1. The van der Waals surface area contributed by atoms with Gasteiger partial charge in [-0.1, -0.05) is 115 Å². The van der Waals surface area contributed by atoms with Gasteiger partial charge in [0.1, 0.15) is 11.2 Å². The van der Waals surface area contributed by atoms with Crippen molar-refractivity contribution >= 4 is 75.3 Å². The Kier molecular flexibility index (Phi) is 6.09. The molecule has 4 heterocycles. The van der Waals surface area contributed by atoms with Crippen LogP contribution in [0.5, 0.6) is 0 Å². The molecule has 0 aliphatic rings. The Morgan fingerprint density at radius 2 is 1.14 bits per heavy atom. The van der Waals surface area contributed by atoms with Gasteiger partial charge in [0, 0.05) is 64.1 Å². The smallest absolute Gasteiger partial charge is 0.161 e. The topological polar surface area (TPSA) is 43.9 Å². The van der Waals surface area contributed by atoms with Gasteiger partial charge >= 0.3 is 0 Å². The van der Waals surface area contributed by atoms with Crippen LogP contribution >= 0.6 is 11.3 Å². The molecule has 0 bridgehead atoms. The van der Waals surface area contributed by atoms with E-state index >= 15 is 0 Å². The van der Waals surface area contributed by atoms with E-state index in [9.17, 15) is 0 Å². The maximum absolute atomic E-state index is 6.49. The van der Waals surface area contributed by atoms with Gasteiger partial charge in [-0.2, -0.15) is 0 Å². The minimum atomic E-state index is 0.694. The summed E-state index contributed by atoms with van der Waals surface area (Å²) in [4.78, 5) is 10.6. The molecule has 0 amide bonds. The molecule has 0 fully saturated rings. The van der Waals surface area contributed by atoms with Crippen LogP contribution in [0.1, 0.15) is 0 Å². The number of para-hydroxylation sites is 4. The first-order chi connectivity index (χ1) is 25.3. The summed E-state index contributed by atoms with van der Waals surface area (Å²) in [7, 11) is 0. The van der Waals surface area contributed by atoms with Crippen molar-refractivity contribution in [3.05, 3.63) is 164 Å². The molecule has 0 aliphatic heterocycles. The van der Waals surface area contributed by atoms with Crippen LogP contribution in [0.4, 0.5) is 0 Å². The van der Waals surface area contributed by atoms with Crippen molar-refractivity contribution in [2.75, 3.05) is 0 Å². The SMILES string of the molecule is c1ccc(-c2cc(-c3cccc4c3oc3ccccc34)nc(-c3cccc4c3sc3c4ccc4c3c3ccccc3n4-c3ccccc3)n2)cc1. The van der Waals surface area contributed by atoms with E-state index in [0.717, 1.165) is 55.7 Å². The Bertz CT molecular complexity index is 3140. The summed E-state index contributed by atoms with van der Waals surface area (Å²) >= 11 is 1.83. The molecule has 0 unspecified atom stereocenters. The van der Waals surface area contributed by atoms with Gasteiger partial charge in [-0.15, -0.1) is 11.3 Å². The maximum Gasteiger partial charge on any atom is 0.161 e. The van der Waals surface area contributed by atoms with Crippen molar-refractivity contribution in [1.29, 1.82) is 0 Å². The van der Waals surface area contributed by atoms with Crippen LogP contribution in [-0.2, 0) is 0 Å². The van der Waals surface area contributed by atoms with E-state index in [1.54, 1.807) is 0 Å². The lowest BCUT2D eigenvalue weighted by Gasteiger charge is -2.10. The normalized spacial score (nSPS) is 11.9. The maximum atomic E-state index is 6.49. The number of thiophene rings is 1. The van der Waals surface area contributed by atoms with Gasteiger partial charge in [0.2, 0.25) is 0 Å². The molecule has 51 heavy (non-hydrogen) atoms. The minimum absolute atomic E-state index is 0.694. The Morgan fingerprint density at radius 1 is 0.471 bits per heavy atom. The van der Waals surface area contributed by atoms with Gasteiger partial charge in [0.05, 0.1) is 22.4 Å². The van der Waals surface area contributed by atoms with Crippen molar-refractivity contribution in [3.63, 3.8) is 0 Å². The summed E-state index contributed by atoms with van der Waals surface area (Å²) in [6.07, 6.45) is 0. The number of nitrogens with zero attached hydrogens (tertiary/aromatic N) is 3. The Morgan fingerprint density at radius 3 is 2.00 bits per heavy atom. The number of rotatable bonds is 4. The highest BCUT2D eigenvalue weighted by atomic mass is 32.1. The van der Waals surface area contributed by atoms with E-state index < -0.39 is 0 Å². The Balaban J connectivity index is 1.19. The number of hydrogen-bond donors (Lipinski definition) is 0. The second-order valence-corrected chi connectivity index (χ2v) is 13.9. The van der Waals surface area contributed by atoms with Gasteiger partial charge in [-0.3, -0.25) is 0 Å². The summed E-state index contributed by atoms with van der Waals surface area (Å²) in [6, 6.07) is 57.5. The molecular formula is C46H27N3OS. The Labute approximate surface area is 296 Å². The summed E-state index contributed by atoms with van der Waals surface area (Å²) in [5, 5.41) is 7.15. The van der Waals surface area contributed by atoms with Crippen LogP contribution in [0.15, 0.2) is 168 Å². The quantitative estimate of drug-likeness (QED) is 0.187. The molecule has 0 saturated carbocycles. The van der Waals surface area contributed by atoms with Crippen LogP contribution in [0.25, 0.3) is 104 Å². The van der Waals surface area contributed by atoms with Crippen LogP contribution in [-0.4, -0.2) is 14.5 Å². The van der Waals surface area contributed by atoms with E-state index in [1.165, 1.54) is 42.0 Å². The second-order valence-electron chi connectivity index (χ2n) is 12.9. The summed E-state index contributed by atoms with van der Waals surface area (Å²) in [6.45, 7) is 0. The first-order valence-corrected chi connectivity index (χ1v) is 17.9. The summed E-state index contributed by atoms with van der Waals surface area (Å²) in [5.41, 5.74) is 9.96. The third-order valence-corrected chi connectivity index (χ3v) is 11.3. The average Bonchev–Trinajstić information content (AvgIpc) is 3.88. The zero-order valence-electron chi connectivity index (χ0n) is 27.2. The standard InChI is InChI=1S/C46H27N3OS/c1-3-13-28(14-4-1)37-27-38(34-21-11-19-31-30-17-8-10-24-41(30)50-43(31)34)48-46(47-37)36-22-12-20-32-33-25-26-40-42(45(33)51-44(32)36)35-18-7-9-23-39(35)49(40)29-15-5-2-6-16-29/h1-27H. The van der Waals surface area contributed by atoms with Crippen LogP contribution in [0, 0.1) is 0 Å². The van der Waals surface area contributed by atoms with Gasteiger partial charge in [0.25, 0.3) is 0 Å². The number of fused-ring (bicyclic) bond motifs is 10. The molecule has 5 heteroatoms. The van der Waals surface area contributed by atoms with Gasteiger partial charge in [0.15, 0.2) is 5.82 Å². The van der Waals surface area contributed by atoms with Crippen molar-refractivity contribution in [2.45, 2.75) is 0 Å². The third kappa shape index (κ3) is 4.25. The van der Waals surface area contributed by atoms with E-state index in [2.05, 4.69) is 150 Å². The number of aromatic nitrogens is 3. The fraction of sp³-hybridized carbons (Fsp3) is 0. The molecule has 4 aromatic heterocycles. The average molecular weight is 670 g/mol. The molecule has 238 valence electrons. The van der Waals surface area contributed by atoms with E-state index in [0.29, 0.717) is 5.82 Å². The van der Waals surface area contributed by atoms with E-state index in [1.807, 2.05) is 29.5 Å². The lowest BCUT2D eigenvalue weighted by Crippen LogP contribution is -1.96. The van der Waals surface area contributed by atoms with E-state index in [-0.39, 0.29) is 0 Å². The van der Waals surface area contributed by atoms with Crippen molar-refractivity contribution in [2.24, 2.45) is 0 Å². The van der Waals surface area contributed by atoms with Crippen molar-refractivity contribution in [3.8, 4) is 39.6 Å². The fourth-order valence-electron chi connectivity index (χ4n) is 7.75. The number of benzene rings is 7. The van der Waals surface area contributed by atoms with Crippen LogP contribution < -0.4 is 0 Å². The molecule has 0 atom stereocenters. The van der Waals surface area contributed by atoms with Gasteiger partial charge in [-0.05, 0) is 48.5 Å². The highest BCUT2D eigenvalue weighted by molar-refractivity contribution is 7.27. The summed E-state index contributed by atoms with van der Waals surface area (Å²) < 4.78 is 11.3. The zero-order valence-corrected chi connectivity index (χ0v) is 28.1. The molecule has 0 aliphatic carbocycles. The monoisotopic (exact) mass is 669 g/mol. The zero-order chi connectivity index (χ0) is 33.5. The predicted molar refractivity (Wildman–Crippen MR) is 213 cm³/mol. The highest BCUT2D eigenvalue weighted by Gasteiger charge is 2.21. The van der Waals surface area contributed by atoms with Gasteiger partial charge in [-0.25, -0.2) is 9.97 Å². The molecule has 0 saturated heterocycles. The largest absolute Gasteiger partial charge is 0.455 e. The Hall–Kier alpha value is -6.56. The molecule has 11 aromatic rings. The molecule has 4 nitrogen and oxygen atoms in total. The molecule has 0 spiro atoms. The van der Waals surface area contributed by atoms with Crippen LogP contribution in [0.2, 0.25) is 0 Å². The van der Waals surface area contributed by atoms with Gasteiger partial charge < -0.3 is 8.98 Å². The molecule has 11 rings (SSSR count). The van der Waals surface area contributed by atoms with Crippen molar-refractivity contribution < 1.29 is 4.42 Å². The highest BCUT2D eigenvalue weighted by Crippen LogP contribution is 2.46. The second kappa shape index (κ2) is 11.0. The lowest BCUT2D eigenvalue weighted by atomic mass is 10.0. The van der Waals surface area contributed by atoms with Crippen molar-refractivity contribution in [1.82, 2.24) is 14.5 Å². The third-order valence-electron chi connectivity index (χ3n) is 10.0.